The van der Waals surface area contributed by atoms with Gasteiger partial charge in [-0.25, -0.2) is 4.98 Å². The Morgan fingerprint density at radius 3 is 2.68 bits per heavy atom. The number of carbonyl (C=O) groups is 1. The van der Waals surface area contributed by atoms with Gasteiger partial charge < -0.3 is 5.32 Å². The number of fused-ring (bicyclic) bond motifs is 1. The van der Waals surface area contributed by atoms with E-state index < -0.39 is 0 Å². The lowest BCUT2D eigenvalue weighted by molar-refractivity contribution is -0.115. The van der Waals surface area contributed by atoms with Crippen molar-refractivity contribution in [2.75, 3.05) is 5.32 Å². The van der Waals surface area contributed by atoms with Crippen LogP contribution in [0.25, 0.3) is 10.1 Å². The van der Waals surface area contributed by atoms with E-state index in [1.165, 1.54) is 16.0 Å². The molecule has 0 radical (unpaired) electrons. The van der Waals surface area contributed by atoms with Crippen molar-refractivity contribution in [2.24, 2.45) is 0 Å². The molecular weight excluding hydrogens is 312 g/mol. The molecule has 0 saturated carbocycles. The third kappa shape index (κ3) is 3.20. The Morgan fingerprint density at radius 1 is 1.18 bits per heavy atom. The number of hydrogen-bond acceptors (Lipinski definition) is 4. The minimum atomic E-state index is -0.0154. The molecule has 2 aromatic heterocycles. The fourth-order valence-corrected chi connectivity index (χ4v) is 4.10. The van der Waals surface area contributed by atoms with Crippen LogP contribution in [0.2, 0.25) is 0 Å². The molecule has 0 bridgehead atoms. The molecule has 3 aromatic rings. The van der Waals surface area contributed by atoms with E-state index in [1.807, 2.05) is 17.5 Å². The zero-order chi connectivity index (χ0) is 15.7. The van der Waals surface area contributed by atoms with Crippen molar-refractivity contribution in [3.63, 3.8) is 0 Å². The Bertz CT molecular complexity index is 811. The van der Waals surface area contributed by atoms with Crippen molar-refractivity contribution in [3.05, 3.63) is 46.3 Å². The fraction of sp³-hybridized carbons (Fsp3) is 0.294. The first kappa shape index (κ1) is 15.2. The highest BCUT2D eigenvalue weighted by Gasteiger charge is 2.18. The van der Waals surface area contributed by atoms with E-state index in [2.05, 4.69) is 48.6 Å². The van der Waals surface area contributed by atoms with Crippen LogP contribution in [0.1, 0.15) is 32.0 Å². The Morgan fingerprint density at radius 2 is 1.95 bits per heavy atom. The molecule has 114 valence electrons. The number of nitrogens with zero attached hydrogens (tertiary/aromatic N) is 1. The van der Waals surface area contributed by atoms with Crippen molar-refractivity contribution >= 4 is 43.8 Å². The second kappa shape index (κ2) is 5.82. The predicted molar refractivity (Wildman–Crippen MR) is 95.0 cm³/mol. The van der Waals surface area contributed by atoms with Gasteiger partial charge in [0.1, 0.15) is 0 Å². The average molecular weight is 330 g/mol. The van der Waals surface area contributed by atoms with Gasteiger partial charge in [-0.05, 0) is 22.4 Å². The van der Waals surface area contributed by atoms with Crippen molar-refractivity contribution in [2.45, 2.75) is 32.6 Å². The number of hydrogen-bond donors (Lipinski definition) is 1. The average Bonchev–Trinajstić information content (AvgIpc) is 3.06. The molecule has 3 rings (SSSR count). The van der Waals surface area contributed by atoms with Crippen LogP contribution in [0.15, 0.2) is 35.0 Å². The summed E-state index contributed by atoms with van der Waals surface area (Å²) in [6.45, 7) is 6.35. The second-order valence-electron chi connectivity index (χ2n) is 6.27. The zero-order valence-corrected chi connectivity index (χ0v) is 14.5. The molecule has 0 fully saturated rings. The molecule has 5 heteroatoms. The van der Waals surface area contributed by atoms with Crippen molar-refractivity contribution in [1.82, 2.24) is 4.98 Å². The summed E-state index contributed by atoms with van der Waals surface area (Å²) in [4.78, 5) is 16.7. The monoisotopic (exact) mass is 330 g/mol. The SMILES string of the molecule is CC(C)(C)c1csc(NC(=O)Cc2csc3ccccc23)n1. The molecule has 0 aliphatic rings. The first-order valence-corrected chi connectivity index (χ1v) is 8.90. The minimum Gasteiger partial charge on any atom is -0.302 e. The molecule has 3 nitrogen and oxygen atoms in total. The van der Waals surface area contributed by atoms with E-state index in [0.717, 1.165) is 16.6 Å². The van der Waals surface area contributed by atoms with E-state index in [4.69, 9.17) is 0 Å². The summed E-state index contributed by atoms with van der Waals surface area (Å²) in [6, 6.07) is 8.17. The topological polar surface area (TPSA) is 42.0 Å². The summed E-state index contributed by atoms with van der Waals surface area (Å²) >= 11 is 3.16. The summed E-state index contributed by atoms with van der Waals surface area (Å²) in [7, 11) is 0. The fourth-order valence-electron chi connectivity index (χ4n) is 2.18. The van der Waals surface area contributed by atoms with Gasteiger partial charge in [0, 0.05) is 15.5 Å². The number of aromatic nitrogens is 1. The van der Waals surface area contributed by atoms with Gasteiger partial charge in [-0.1, -0.05) is 39.0 Å². The number of benzene rings is 1. The van der Waals surface area contributed by atoms with Crippen LogP contribution < -0.4 is 5.32 Å². The number of thiazole rings is 1. The van der Waals surface area contributed by atoms with E-state index in [-0.39, 0.29) is 11.3 Å². The Hall–Kier alpha value is -1.72. The number of rotatable bonds is 3. The minimum absolute atomic E-state index is 0.00301. The highest BCUT2D eigenvalue weighted by atomic mass is 32.1. The van der Waals surface area contributed by atoms with Crippen LogP contribution >= 0.6 is 22.7 Å². The molecule has 0 spiro atoms. The van der Waals surface area contributed by atoms with Crippen LogP contribution in [0.4, 0.5) is 5.13 Å². The van der Waals surface area contributed by atoms with Gasteiger partial charge >= 0.3 is 0 Å². The molecule has 1 amide bonds. The number of thiophene rings is 1. The molecule has 22 heavy (non-hydrogen) atoms. The number of amides is 1. The van der Waals surface area contributed by atoms with Crippen LogP contribution in [0.3, 0.4) is 0 Å². The lowest BCUT2D eigenvalue weighted by atomic mass is 9.93. The third-order valence-corrected chi connectivity index (χ3v) is 5.20. The van der Waals surface area contributed by atoms with Crippen LogP contribution in [0, 0.1) is 0 Å². The molecule has 0 aliphatic carbocycles. The van der Waals surface area contributed by atoms with E-state index in [9.17, 15) is 4.79 Å². The van der Waals surface area contributed by atoms with Crippen molar-refractivity contribution in [1.29, 1.82) is 0 Å². The Kier molecular flexibility index (Phi) is 4.02. The van der Waals surface area contributed by atoms with Crippen LogP contribution in [0.5, 0.6) is 0 Å². The van der Waals surface area contributed by atoms with Crippen LogP contribution in [-0.4, -0.2) is 10.9 Å². The predicted octanol–water partition coefficient (Wildman–Crippen LogP) is 4.84. The highest BCUT2D eigenvalue weighted by molar-refractivity contribution is 7.17. The lowest BCUT2D eigenvalue weighted by Gasteiger charge is -2.14. The summed E-state index contributed by atoms with van der Waals surface area (Å²) < 4.78 is 1.22. The van der Waals surface area contributed by atoms with Crippen molar-refractivity contribution < 1.29 is 4.79 Å². The molecule has 0 aliphatic heterocycles. The van der Waals surface area contributed by atoms with Gasteiger partial charge in [-0.15, -0.1) is 22.7 Å². The molecule has 0 atom stereocenters. The van der Waals surface area contributed by atoms with Crippen molar-refractivity contribution in [3.8, 4) is 0 Å². The highest BCUT2D eigenvalue weighted by Crippen LogP contribution is 2.28. The maximum absolute atomic E-state index is 12.2. The molecule has 1 aromatic carbocycles. The Labute approximate surface area is 138 Å². The van der Waals surface area contributed by atoms with Gasteiger partial charge in [0.15, 0.2) is 5.13 Å². The Balaban J connectivity index is 1.71. The third-order valence-electron chi connectivity index (χ3n) is 3.43. The normalized spacial score (nSPS) is 11.8. The van der Waals surface area contributed by atoms with Gasteiger partial charge in [-0.3, -0.25) is 4.79 Å². The summed E-state index contributed by atoms with van der Waals surface area (Å²) in [5.74, 6) is -0.0154. The molecule has 0 unspecified atom stereocenters. The van der Waals surface area contributed by atoms with E-state index in [1.54, 1.807) is 11.3 Å². The number of carbonyl (C=O) groups excluding carboxylic acids is 1. The van der Waals surface area contributed by atoms with E-state index >= 15 is 0 Å². The molecule has 2 heterocycles. The number of anilines is 1. The maximum Gasteiger partial charge on any atom is 0.230 e. The smallest absolute Gasteiger partial charge is 0.230 e. The van der Waals surface area contributed by atoms with Gasteiger partial charge in [-0.2, -0.15) is 0 Å². The van der Waals surface area contributed by atoms with Gasteiger partial charge in [0.25, 0.3) is 0 Å². The first-order valence-electron chi connectivity index (χ1n) is 7.14. The quantitative estimate of drug-likeness (QED) is 0.747. The standard InChI is InChI=1S/C17H18N2OS2/c1-17(2,3)14-10-22-16(18-14)19-15(20)8-11-9-21-13-7-5-4-6-12(11)13/h4-7,9-10H,8H2,1-3H3,(H,18,19,20). The maximum atomic E-state index is 12.2. The zero-order valence-electron chi connectivity index (χ0n) is 12.8. The molecular formula is C17H18N2OS2. The van der Waals surface area contributed by atoms with Gasteiger partial charge in [0.05, 0.1) is 12.1 Å². The summed E-state index contributed by atoms with van der Waals surface area (Å²) in [6.07, 6.45) is 0.383. The van der Waals surface area contributed by atoms with E-state index in [0.29, 0.717) is 11.6 Å². The summed E-state index contributed by atoms with van der Waals surface area (Å²) in [5, 5.41) is 8.82. The second-order valence-corrected chi connectivity index (χ2v) is 8.04. The lowest BCUT2D eigenvalue weighted by Crippen LogP contribution is -2.15. The number of nitrogens with one attached hydrogen (secondary N) is 1. The van der Waals surface area contributed by atoms with Crippen LogP contribution in [-0.2, 0) is 16.6 Å². The molecule has 0 saturated heterocycles. The van der Waals surface area contributed by atoms with Gasteiger partial charge in [0.2, 0.25) is 5.91 Å². The summed E-state index contributed by atoms with van der Waals surface area (Å²) in [5.41, 5.74) is 2.09. The molecule has 1 N–H and O–H groups in total. The largest absolute Gasteiger partial charge is 0.302 e. The first-order chi connectivity index (χ1) is 10.4.